The maximum atomic E-state index is 9.10. The van der Waals surface area contributed by atoms with Gasteiger partial charge in [0.2, 0.25) is 0 Å². The van der Waals surface area contributed by atoms with E-state index in [0.717, 1.165) is 5.56 Å². The average molecular weight is 220 g/mol. The summed E-state index contributed by atoms with van der Waals surface area (Å²) in [5, 5.41) is 9.10. The summed E-state index contributed by atoms with van der Waals surface area (Å²) in [6.07, 6.45) is 0. The molecule has 1 unspecified atom stereocenters. The number of nitriles is 1. The highest BCUT2D eigenvalue weighted by Gasteiger charge is 2.15. The summed E-state index contributed by atoms with van der Waals surface area (Å²) in [6.45, 7) is 0. The number of hydrogen-bond donors (Lipinski definition) is 0. The van der Waals surface area contributed by atoms with Gasteiger partial charge in [-0.25, -0.2) is 0 Å². The van der Waals surface area contributed by atoms with E-state index in [2.05, 4.69) is 6.07 Å². The van der Waals surface area contributed by atoms with E-state index in [4.69, 9.17) is 14.7 Å². The van der Waals surface area contributed by atoms with Gasteiger partial charge < -0.3 is 9.47 Å². The van der Waals surface area contributed by atoms with Crippen LogP contribution in [0.1, 0.15) is 11.6 Å². The molecule has 0 aliphatic heterocycles. The van der Waals surface area contributed by atoms with E-state index in [1.165, 1.54) is 0 Å². The molecule has 0 aliphatic rings. The van der Waals surface area contributed by atoms with Crippen LogP contribution >= 0.6 is 0 Å². The van der Waals surface area contributed by atoms with Crippen LogP contribution in [0, 0.1) is 11.3 Å². The van der Waals surface area contributed by atoms with E-state index < -0.39 is 0 Å². The summed E-state index contributed by atoms with van der Waals surface area (Å²) in [5.74, 6) is 1.38. The molecule has 0 aromatic heterocycles. The summed E-state index contributed by atoms with van der Waals surface area (Å²) in [6, 6.07) is 7.41. The van der Waals surface area contributed by atoms with Crippen LogP contribution in [0.5, 0.6) is 11.5 Å². The van der Waals surface area contributed by atoms with Gasteiger partial charge in [0.05, 0.1) is 20.3 Å². The van der Waals surface area contributed by atoms with Gasteiger partial charge in [-0.15, -0.1) is 0 Å². The largest absolute Gasteiger partial charge is 0.497 e. The Morgan fingerprint density at radius 1 is 1.12 bits per heavy atom. The molecule has 1 aromatic rings. The molecular formula is C12H16N2O2. The molecule has 4 heteroatoms. The maximum absolute atomic E-state index is 9.10. The van der Waals surface area contributed by atoms with Crippen molar-refractivity contribution in [1.29, 1.82) is 5.26 Å². The van der Waals surface area contributed by atoms with Gasteiger partial charge in [-0.2, -0.15) is 5.26 Å². The van der Waals surface area contributed by atoms with Crippen LogP contribution in [0.4, 0.5) is 0 Å². The summed E-state index contributed by atoms with van der Waals surface area (Å²) in [4.78, 5) is 1.84. The third-order valence-electron chi connectivity index (χ3n) is 2.33. The average Bonchev–Trinajstić information content (AvgIpc) is 2.29. The van der Waals surface area contributed by atoms with Crippen molar-refractivity contribution in [2.75, 3.05) is 28.3 Å². The zero-order valence-electron chi connectivity index (χ0n) is 10.0. The van der Waals surface area contributed by atoms with E-state index in [9.17, 15) is 0 Å². The lowest BCUT2D eigenvalue weighted by Gasteiger charge is -2.18. The maximum Gasteiger partial charge on any atom is 0.123 e. The normalized spacial score (nSPS) is 12.0. The Kier molecular flexibility index (Phi) is 4.15. The first-order valence-electron chi connectivity index (χ1n) is 4.91. The fourth-order valence-corrected chi connectivity index (χ4v) is 1.48. The molecule has 1 atom stereocenters. The van der Waals surface area contributed by atoms with Crippen LogP contribution in [0.3, 0.4) is 0 Å². The molecule has 1 aromatic carbocycles. The van der Waals surface area contributed by atoms with E-state index in [-0.39, 0.29) is 6.04 Å². The minimum absolute atomic E-state index is 0.302. The van der Waals surface area contributed by atoms with Gasteiger partial charge in [0.1, 0.15) is 17.5 Å². The first kappa shape index (κ1) is 12.3. The Hall–Kier alpha value is -1.73. The van der Waals surface area contributed by atoms with Crippen molar-refractivity contribution in [2.45, 2.75) is 6.04 Å². The third kappa shape index (κ3) is 2.65. The molecule has 86 valence electrons. The zero-order chi connectivity index (χ0) is 12.1. The van der Waals surface area contributed by atoms with E-state index >= 15 is 0 Å². The molecule has 0 heterocycles. The standard InChI is InChI=1S/C12H16N2O2/c1-14(2)12(8-13)9-5-10(15-3)7-11(6-9)16-4/h5-7,12H,1-4H3. The first-order valence-corrected chi connectivity index (χ1v) is 4.91. The molecule has 0 fully saturated rings. The molecular weight excluding hydrogens is 204 g/mol. The van der Waals surface area contributed by atoms with Gasteiger partial charge in [-0.05, 0) is 31.8 Å². The van der Waals surface area contributed by atoms with Crippen molar-refractivity contribution in [3.8, 4) is 17.6 Å². The summed E-state index contributed by atoms with van der Waals surface area (Å²) < 4.78 is 10.3. The van der Waals surface area contributed by atoms with Gasteiger partial charge >= 0.3 is 0 Å². The highest BCUT2D eigenvalue weighted by atomic mass is 16.5. The monoisotopic (exact) mass is 220 g/mol. The molecule has 0 spiro atoms. The second kappa shape index (κ2) is 5.38. The molecule has 0 radical (unpaired) electrons. The number of methoxy groups -OCH3 is 2. The van der Waals surface area contributed by atoms with Crippen LogP contribution in [0.15, 0.2) is 18.2 Å². The van der Waals surface area contributed by atoms with Crippen LogP contribution in [-0.4, -0.2) is 33.2 Å². The van der Waals surface area contributed by atoms with Crippen molar-refractivity contribution >= 4 is 0 Å². The molecule has 4 nitrogen and oxygen atoms in total. The Bertz CT molecular complexity index is 374. The molecule has 0 saturated carbocycles. The quantitative estimate of drug-likeness (QED) is 0.776. The molecule has 0 N–H and O–H groups in total. The lowest BCUT2D eigenvalue weighted by molar-refractivity contribution is 0.352. The van der Waals surface area contributed by atoms with Gasteiger partial charge in [0.15, 0.2) is 0 Å². The van der Waals surface area contributed by atoms with E-state index in [0.29, 0.717) is 11.5 Å². The zero-order valence-corrected chi connectivity index (χ0v) is 10.0. The predicted molar refractivity (Wildman–Crippen MR) is 61.6 cm³/mol. The highest BCUT2D eigenvalue weighted by molar-refractivity contribution is 5.41. The second-order valence-electron chi connectivity index (χ2n) is 3.64. The van der Waals surface area contributed by atoms with Crippen LogP contribution in [-0.2, 0) is 0 Å². The Labute approximate surface area is 96.0 Å². The van der Waals surface area contributed by atoms with Crippen LogP contribution in [0.25, 0.3) is 0 Å². The molecule has 0 bridgehead atoms. The highest BCUT2D eigenvalue weighted by Crippen LogP contribution is 2.27. The van der Waals surface area contributed by atoms with Gasteiger partial charge in [-0.3, -0.25) is 4.90 Å². The minimum atomic E-state index is -0.302. The second-order valence-corrected chi connectivity index (χ2v) is 3.64. The topological polar surface area (TPSA) is 45.5 Å². The van der Waals surface area contributed by atoms with E-state index in [1.807, 2.05) is 31.1 Å². The Morgan fingerprint density at radius 3 is 1.94 bits per heavy atom. The lowest BCUT2D eigenvalue weighted by Crippen LogP contribution is -2.18. The number of nitrogens with zero attached hydrogens (tertiary/aromatic N) is 2. The SMILES string of the molecule is COc1cc(OC)cc(C(C#N)N(C)C)c1. The first-order chi connectivity index (χ1) is 7.62. The van der Waals surface area contributed by atoms with Crippen LogP contribution < -0.4 is 9.47 Å². The van der Waals surface area contributed by atoms with Gasteiger partial charge in [0, 0.05) is 6.07 Å². The van der Waals surface area contributed by atoms with Crippen molar-refractivity contribution in [2.24, 2.45) is 0 Å². The number of rotatable bonds is 4. The lowest BCUT2D eigenvalue weighted by atomic mass is 10.1. The fourth-order valence-electron chi connectivity index (χ4n) is 1.48. The number of benzene rings is 1. The van der Waals surface area contributed by atoms with Gasteiger partial charge in [-0.1, -0.05) is 0 Å². The molecule has 1 rings (SSSR count). The number of ether oxygens (including phenoxy) is 2. The molecule has 0 amide bonds. The van der Waals surface area contributed by atoms with E-state index in [1.54, 1.807) is 20.3 Å². The molecule has 0 saturated heterocycles. The molecule has 0 aliphatic carbocycles. The minimum Gasteiger partial charge on any atom is -0.497 e. The Balaban J connectivity index is 3.17. The third-order valence-corrected chi connectivity index (χ3v) is 2.33. The molecule has 16 heavy (non-hydrogen) atoms. The summed E-state index contributed by atoms with van der Waals surface area (Å²) in [7, 11) is 6.91. The fraction of sp³-hybridized carbons (Fsp3) is 0.417. The van der Waals surface area contributed by atoms with Crippen LogP contribution in [0.2, 0.25) is 0 Å². The smallest absolute Gasteiger partial charge is 0.123 e. The van der Waals surface area contributed by atoms with Crippen molar-refractivity contribution in [1.82, 2.24) is 4.90 Å². The van der Waals surface area contributed by atoms with Crippen molar-refractivity contribution in [3.05, 3.63) is 23.8 Å². The summed E-state index contributed by atoms with van der Waals surface area (Å²) >= 11 is 0. The van der Waals surface area contributed by atoms with Crippen molar-refractivity contribution < 1.29 is 9.47 Å². The Morgan fingerprint density at radius 2 is 1.62 bits per heavy atom. The van der Waals surface area contributed by atoms with Gasteiger partial charge in [0.25, 0.3) is 0 Å². The van der Waals surface area contributed by atoms with Crippen molar-refractivity contribution in [3.63, 3.8) is 0 Å². The predicted octanol–water partition coefficient (Wildman–Crippen LogP) is 1.83. The summed E-state index contributed by atoms with van der Waals surface area (Å²) in [5.41, 5.74) is 0.865. The number of hydrogen-bond acceptors (Lipinski definition) is 4.